The third kappa shape index (κ3) is 6.35. The van der Waals surface area contributed by atoms with Crippen molar-refractivity contribution >= 4 is 33.4 Å². The van der Waals surface area contributed by atoms with E-state index in [-0.39, 0.29) is 16.5 Å². The summed E-state index contributed by atoms with van der Waals surface area (Å²) in [5.74, 6) is 1.34. The zero-order valence-electron chi connectivity index (χ0n) is 17.6. The van der Waals surface area contributed by atoms with Gasteiger partial charge in [-0.3, -0.25) is 9.52 Å². The van der Waals surface area contributed by atoms with E-state index in [2.05, 4.69) is 29.1 Å². The fourth-order valence-electron chi connectivity index (χ4n) is 2.98. The van der Waals surface area contributed by atoms with Crippen molar-refractivity contribution in [2.24, 2.45) is 0 Å². The monoisotopic (exact) mass is 454 g/mol. The van der Waals surface area contributed by atoms with Crippen LogP contribution in [0.4, 0.5) is 5.69 Å². The first-order valence-electron chi connectivity index (χ1n) is 9.96. The standard InChI is InChI=1S/C24H26N2O3S2/c1-18-11-13-21(14-12-18)31(28,29)26-23-10-6-5-9-22(23)24(27)25-15-16-30-17-20-8-4-3-7-19(20)2/h3-14,26H,15-17H2,1-2H3,(H,25,27). The molecular weight excluding hydrogens is 428 g/mol. The predicted molar refractivity (Wildman–Crippen MR) is 128 cm³/mol. The number of hydrogen-bond donors (Lipinski definition) is 2. The van der Waals surface area contributed by atoms with Crippen LogP contribution in [0.25, 0.3) is 0 Å². The number of rotatable bonds is 9. The van der Waals surface area contributed by atoms with Gasteiger partial charge < -0.3 is 5.32 Å². The maximum atomic E-state index is 12.7. The first-order chi connectivity index (χ1) is 14.9. The second-order valence-corrected chi connectivity index (χ2v) is 9.99. The van der Waals surface area contributed by atoms with Gasteiger partial charge in [0.25, 0.3) is 15.9 Å². The molecule has 0 atom stereocenters. The van der Waals surface area contributed by atoms with Crippen LogP contribution in [-0.2, 0) is 15.8 Å². The molecule has 0 aliphatic rings. The maximum absolute atomic E-state index is 12.7. The highest BCUT2D eigenvalue weighted by atomic mass is 32.2. The van der Waals surface area contributed by atoms with E-state index < -0.39 is 10.0 Å². The van der Waals surface area contributed by atoms with Gasteiger partial charge in [-0.15, -0.1) is 0 Å². The molecule has 0 aromatic heterocycles. The molecule has 2 N–H and O–H groups in total. The molecule has 0 heterocycles. The van der Waals surface area contributed by atoms with Gasteiger partial charge in [-0.25, -0.2) is 8.42 Å². The number of benzene rings is 3. The third-order valence-corrected chi connectivity index (χ3v) is 7.19. The lowest BCUT2D eigenvalue weighted by Crippen LogP contribution is -2.27. The highest BCUT2D eigenvalue weighted by Crippen LogP contribution is 2.21. The van der Waals surface area contributed by atoms with Gasteiger partial charge in [0, 0.05) is 18.1 Å². The summed E-state index contributed by atoms with van der Waals surface area (Å²) in [5.41, 5.74) is 4.07. The second kappa shape index (κ2) is 10.5. The van der Waals surface area contributed by atoms with Crippen molar-refractivity contribution in [2.75, 3.05) is 17.0 Å². The summed E-state index contributed by atoms with van der Waals surface area (Å²) < 4.78 is 27.9. The van der Waals surface area contributed by atoms with Crippen molar-refractivity contribution in [1.29, 1.82) is 0 Å². The Morgan fingerprint density at radius 2 is 1.58 bits per heavy atom. The molecule has 0 saturated carbocycles. The number of hydrogen-bond acceptors (Lipinski definition) is 4. The van der Waals surface area contributed by atoms with Crippen molar-refractivity contribution in [3.63, 3.8) is 0 Å². The van der Waals surface area contributed by atoms with Crippen molar-refractivity contribution in [1.82, 2.24) is 5.32 Å². The van der Waals surface area contributed by atoms with E-state index >= 15 is 0 Å². The summed E-state index contributed by atoms with van der Waals surface area (Å²) in [4.78, 5) is 12.8. The number of anilines is 1. The molecule has 162 valence electrons. The largest absolute Gasteiger partial charge is 0.351 e. The Bertz CT molecular complexity index is 1140. The van der Waals surface area contributed by atoms with Gasteiger partial charge in [-0.2, -0.15) is 11.8 Å². The lowest BCUT2D eigenvalue weighted by atomic mass is 10.1. The SMILES string of the molecule is Cc1ccc(S(=O)(=O)Nc2ccccc2C(=O)NCCSCc2ccccc2C)cc1. The summed E-state index contributed by atoms with van der Waals surface area (Å²) in [6, 6.07) is 21.4. The number of para-hydroxylation sites is 1. The molecule has 0 aliphatic carbocycles. The Morgan fingerprint density at radius 3 is 2.32 bits per heavy atom. The Morgan fingerprint density at radius 1 is 0.903 bits per heavy atom. The smallest absolute Gasteiger partial charge is 0.261 e. The lowest BCUT2D eigenvalue weighted by molar-refractivity contribution is 0.0957. The molecule has 0 bridgehead atoms. The number of nitrogens with one attached hydrogen (secondary N) is 2. The summed E-state index contributed by atoms with van der Waals surface area (Å²) in [5, 5.41) is 2.88. The number of thioether (sulfide) groups is 1. The Labute approximate surface area is 188 Å². The molecule has 0 spiro atoms. The summed E-state index contributed by atoms with van der Waals surface area (Å²) >= 11 is 1.74. The molecule has 3 aromatic carbocycles. The molecule has 3 rings (SSSR count). The highest BCUT2D eigenvalue weighted by molar-refractivity contribution is 7.98. The van der Waals surface area contributed by atoms with Gasteiger partial charge in [-0.1, -0.05) is 54.1 Å². The summed E-state index contributed by atoms with van der Waals surface area (Å²) in [7, 11) is -3.78. The topological polar surface area (TPSA) is 75.3 Å². The first-order valence-corrected chi connectivity index (χ1v) is 12.6. The van der Waals surface area contributed by atoms with Crippen LogP contribution < -0.4 is 10.0 Å². The van der Waals surface area contributed by atoms with Crippen LogP contribution in [0.2, 0.25) is 0 Å². The zero-order chi connectivity index (χ0) is 22.3. The fourth-order valence-corrected chi connectivity index (χ4v) is 4.99. The lowest BCUT2D eigenvalue weighted by Gasteiger charge is -2.13. The average molecular weight is 455 g/mol. The van der Waals surface area contributed by atoms with E-state index in [4.69, 9.17) is 0 Å². The van der Waals surface area contributed by atoms with Crippen LogP contribution in [0, 0.1) is 13.8 Å². The molecule has 31 heavy (non-hydrogen) atoms. The quantitative estimate of drug-likeness (QED) is 0.457. The van der Waals surface area contributed by atoms with E-state index in [0.29, 0.717) is 12.1 Å². The van der Waals surface area contributed by atoms with Gasteiger partial charge >= 0.3 is 0 Å². The van der Waals surface area contributed by atoms with E-state index in [1.54, 1.807) is 60.3 Å². The van der Waals surface area contributed by atoms with Crippen LogP contribution in [0.15, 0.2) is 77.7 Å². The van der Waals surface area contributed by atoms with E-state index in [1.165, 1.54) is 11.1 Å². The van der Waals surface area contributed by atoms with Gasteiger partial charge in [0.2, 0.25) is 0 Å². The predicted octanol–water partition coefficient (Wildman–Crippen LogP) is 4.77. The highest BCUT2D eigenvalue weighted by Gasteiger charge is 2.18. The van der Waals surface area contributed by atoms with Gasteiger partial charge in [0.1, 0.15) is 0 Å². The second-order valence-electron chi connectivity index (χ2n) is 7.20. The van der Waals surface area contributed by atoms with Crippen molar-refractivity contribution in [3.05, 3.63) is 95.1 Å². The molecule has 0 unspecified atom stereocenters. The molecule has 1 amide bonds. The van der Waals surface area contributed by atoms with E-state index in [1.807, 2.05) is 19.1 Å². The van der Waals surface area contributed by atoms with Crippen molar-refractivity contribution in [2.45, 2.75) is 24.5 Å². The summed E-state index contributed by atoms with van der Waals surface area (Å²) in [6.45, 7) is 4.48. The first kappa shape index (κ1) is 22.9. The Balaban J connectivity index is 1.58. The van der Waals surface area contributed by atoms with E-state index in [0.717, 1.165) is 17.1 Å². The molecular formula is C24H26N2O3S2. The average Bonchev–Trinajstić information content (AvgIpc) is 2.75. The minimum absolute atomic E-state index is 0.154. The molecule has 7 heteroatoms. The molecule has 0 aliphatic heterocycles. The molecule has 5 nitrogen and oxygen atoms in total. The number of sulfonamides is 1. The van der Waals surface area contributed by atoms with Crippen molar-refractivity contribution < 1.29 is 13.2 Å². The van der Waals surface area contributed by atoms with Crippen LogP contribution in [-0.4, -0.2) is 26.6 Å². The van der Waals surface area contributed by atoms with Crippen LogP contribution in [0.1, 0.15) is 27.0 Å². The molecule has 3 aromatic rings. The fraction of sp³-hybridized carbons (Fsp3) is 0.208. The molecule has 0 radical (unpaired) electrons. The van der Waals surface area contributed by atoms with Crippen molar-refractivity contribution in [3.8, 4) is 0 Å². The number of carbonyl (C=O) groups is 1. The summed E-state index contributed by atoms with van der Waals surface area (Å²) in [6.07, 6.45) is 0. The molecule has 0 saturated heterocycles. The van der Waals surface area contributed by atoms with Gasteiger partial charge in [0.15, 0.2) is 0 Å². The van der Waals surface area contributed by atoms with Gasteiger partial charge in [0.05, 0.1) is 16.1 Å². The Hall–Kier alpha value is -2.77. The minimum atomic E-state index is -3.78. The maximum Gasteiger partial charge on any atom is 0.261 e. The third-order valence-electron chi connectivity index (χ3n) is 4.80. The zero-order valence-corrected chi connectivity index (χ0v) is 19.2. The van der Waals surface area contributed by atoms with Crippen LogP contribution in [0.5, 0.6) is 0 Å². The Kier molecular flexibility index (Phi) is 7.76. The number of aryl methyl sites for hydroxylation is 2. The van der Waals surface area contributed by atoms with Crippen LogP contribution >= 0.6 is 11.8 Å². The van der Waals surface area contributed by atoms with E-state index in [9.17, 15) is 13.2 Å². The number of amides is 1. The number of carbonyl (C=O) groups excluding carboxylic acids is 1. The minimum Gasteiger partial charge on any atom is -0.351 e. The molecule has 0 fully saturated rings. The van der Waals surface area contributed by atoms with Crippen LogP contribution in [0.3, 0.4) is 0 Å². The normalized spacial score (nSPS) is 11.2. The van der Waals surface area contributed by atoms with Gasteiger partial charge in [-0.05, 0) is 49.2 Å².